The van der Waals surface area contributed by atoms with E-state index in [1.165, 1.54) is 238 Å². The molecule has 9 nitrogen and oxygen atoms in total. The first-order chi connectivity index (χ1) is 51.0. The highest BCUT2D eigenvalue weighted by Crippen LogP contribution is 2.43. The predicted molar refractivity (Wildman–Crippen MR) is 454 cm³/mol. The fraction of sp³-hybridized carbons (Fsp3) is 0.723. The Morgan fingerprint density at radius 1 is 0.308 bits per heavy atom. The van der Waals surface area contributed by atoms with Gasteiger partial charge in [-0.15, -0.1) is 0 Å². The molecule has 0 rings (SSSR count). The number of likely N-dealkylation sites (N-methyl/N-ethyl adjacent to an activating group) is 1. The number of hydrogen-bond donors (Lipinski definition) is 1. The Kier molecular flexibility index (Phi) is 79.7. The number of quaternary nitrogens is 1. The second-order valence-electron chi connectivity index (χ2n) is 30.2. The number of phosphoric acid groups is 1. The minimum Gasteiger partial charge on any atom is -0.462 e. The van der Waals surface area contributed by atoms with E-state index in [-0.39, 0.29) is 32.0 Å². The van der Waals surface area contributed by atoms with Gasteiger partial charge in [0, 0.05) is 12.8 Å². The highest BCUT2D eigenvalue weighted by molar-refractivity contribution is 7.47. The molecule has 0 heterocycles. The van der Waals surface area contributed by atoms with E-state index in [2.05, 4.69) is 160 Å². The molecule has 0 spiro atoms. The van der Waals surface area contributed by atoms with Crippen molar-refractivity contribution in [3.63, 3.8) is 0 Å². The second-order valence-corrected chi connectivity index (χ2v) is 31.6. The molecule has 2 atom stereocenters. The van der Waals surface area contributed by atoms with E-state index in [1.54, 1.807) is 0 Å². The zero-order chi connectivity index (χ0) is 75.4. The topological polar surface area (TPSA) is 108 Å². The first kappa shape index (κ1) is 99.9. The zero-order valence-corrected chi connectivity index (χ0v) is 69.4. The minimum atomic E-state index is -4.41. The third-order valence-corrected chi connectivity index (χ3v) is 19.8. The van der Waals surface area contributed by atoms with Crippen LogP contribution in [0.3, 0.4) is 0 Å². The van der Waals surface area contributed by atoms with Crippen molar-refractivity contribution >= 4 is 19.8 Å². The van der Waals surface area contributed by atoms with Crippen LogP contribution in [-0.2, 0) is 32.7 Å². The van der Waals surface area contributed by atoms with Crippen LogP contribution in [0.4, 0.5) is 0 Å². The summed E-state index contributed by atoms with van der Waals surface area (Å²) in [5.41, 5.74) is 0. The van der Waals surface area contributed by atoms with E-state index in [0.29, 0.717) is 17.4 Å². The van der Waals surface area contributed by atoms with E-state index in [9.17, 15) is 19.0 Å². The van der Waals surface area contributed by atoms with E-state index in [1.807, 2.05) is 21.1 Å². The third kappa shape index (κ3) is 86.8. The van der Waals surface area contributed by atoms with Gasteiger partial charge in [0.2, 0.25) is 0 Å². The molecule has 104 heavy (non-hydrogen) atoms. The normalized spacial score (nSPS) is 13.7. The van der Waals surface area contributed by atoms with Crippen LogP contribution in [-0.4, -0.2) is 74.9 Å². The lowest BCUT2D eigenvalue weighted by atomic mass is 10.0. The number of phosphoric ester groups is 1. The van der Waals surface area contributed by atoms with Crippen molar-refractivity contribution in [2.75, 3.05) is 47.5 Å². The Morgan fingerprint density at radius 3 is 0.817 bits per heavy atom. The molecule has 0 aliphatic heterocycles. The first-order valence-electron chi connectivity index (χ1n) is 43.6. The molecule has 0 saturated heterocycles. The zero-order valence-electron chi connectivity index (χ0n) is 68.5. The molecular weight excluding hydrogens is 1300 g/mol. The molecule has 0 amide bonds. The van der Waals surface area contributed by atoms with E-state index in [0.717, 1.165) is 116 Å². The number of esters is 2. The van der Waals surface area contributed by atoms with Crippen molar-refractivity contribution in [2.45, 2.75) is 392 Å². The molecule has 0 aromatic rings. The maximum absolute atomic E-state index is 12.9. The molecule has 0 fully saturated rings. The summed E-state index contributed by atoms with van der Waals surface area (Å²) in [5, 5.41) is 0. The fourth-order valence-corrected chi connectivity index (χ4v) is 13.0. The van der Waals surface area contributed by atoms with Crippen LogP contribution < -0.4 is 0 Å². The van der Waals surface area contributed by atoms with Crippen LogP contribution in [0.2, 0.25) is 0 Å². The van der Waals surface area contributed by atoms with Crippen LogP contribution in [0.1, 0.15) is 386 Å². The fourth-order valence-electron chi connectivity index (χ4n) is 12.3. The van der Waals surface area contributed by atoms with Crippen molar-refractivity contribution in [1.29, 1.82) is 0 Å². The lowest BCUT2D eigenvalue weighted by Gasteiger charge is -2.24. The van der Waals surface area contributed by atoms with Gasteiger partial charge < -0.3 is 18.9 Å². The number of hydrogen-bond acceptors (Lipinski definition) is 7. The molecule has 0 aromatic heterocycles. The summed E-state index contributed by atoms with van der Waals surface area (Å²) in [6.45, 7) is 4.34. The second kappa shape index (κ2) is 82.9. The predicted octanol–water partition coefficient (Wildman–Crippen LogP) is 29.6. The number of carbonyl (C=O) groups is 2. The molecule has 0 aliphatic rings. The van der Waals surface area contributed by atoms with Gasteiger partial charge >= 0.3 is 19.8 Å². The molecule has 1 N–H and O–H groups in total. The average Bonchev–Trinajstić information content (AvgIpc) is 0.915. The number of allylic oxidation sites excluding steroid dienone is 24. The standard InChI is InChI=1S/C94H164NO8P/c1-6-8-10-12-14-16-18-20-22-24-26-28-30-32-34-36-38-40-42-44-46-47-49-50-52-54-56-58-60-62-64-66-68-70-72-74-76-78-80-82-84-86-93(96)100-90-92(91-102-104(98,99)101-89-88-95(3,4)5)103-94(97)87-85-83-81-79-77-75-73-71-69-67-65-63-61-59-57-55-53-51-48-45-43-41-39-37-35-33-31-29-27-25-23-21-19-17-15-13-11-9-7-2/h9,11,15,17-18,20-21,23-24,26-27,29-30,32-33,35,39,41,45,48,53,55,59,61,92H,6-8,10,12-14,16,19,22,25,28,31,34,36-38,40,42-44,46-47,49-52,54,56-58,60,62-91H2,1-5H3/p+1/b11-9-,17-15-,20-18-,23-21-,26-24-,29-27-,32-30-,35-33-,41-39-,48-45-,55-53-,61-59-. The summed E-state index contributed by atoms with van der Waals surface area (Å²) < 4.78 is 34.9. The molecule has 10 heteroatoms. The van der Waals surface area contributed by atoms with Gasteiger partial charge in [-0.3, -0.25) is 18.6 Å². The number of rotatable bonds is 80. The summed E-state index contributed by atoms with van der Waals surface area (Å²) in [4.78, 5) is 36.1. The van der Waals surface area contributed by atoms with Crippen LogP contribution in [0.5, 0.6) is 0 Å². The van der Waals surface area contributed by atoms with Gasteiger partial charge in [0.05, 0.1) is 27.7 Å². The van der Waals surface area contributed by atoms with Crippen LogP contribution in [0.25, 0.3) is 0 Å². The Labute approximate surface area is 643 Å². The maximum Gasteiger partial charge on any atom is 0.472 e. The van der Waals surface area contributed by atoms with Gasteiger partial charge in [-0.1, -0.05) is 397 Å². The summed E-state index contributed by atoms with van der Waals surface area (Å²) in [6, 6.07) is 0. The summed E-state index contributed by atoms with van der Waals surface area (Å²) >= 11 is 0. The van der Waals surface area contributed by atoms with Crippen molar-refractivity contribution < 1.29 is 42.1 Å². The molecule has 0 aromatic carbocycles. The highest BCUT2D eigenvalue weighted by atomic mass is 31.2. The maximum atomic E-state index is 12.9. The van der Waals surface area contributed by atoms with Crippen LogP contribution in [0.15, 0.2) is 146 Å². The monoisotopic (exact) mass is 1470 g/mol. The van der Waals surface area contributed by atoms with Gasteiger partial charge in [-0.2, -0.15) is 0 Å². The van der Waals surface area contributed by atoms with Crippen LogP contribution in [0, 0.1) is 0 Å². The summed E-state index contributed by atoms with van der Waals surface area (Å²) in [6.07, 6.45) is 123. The van der Waals surface area contributed by atoms with E-state index in [4.69, 9.17) is 18.5 Å². The Hall–Kier alpha value is -4.11. The third-order valence-electron chi connectivity index (χ3n) is 18.9. The van der Waals surface area contributed by atoms with Crippen molar-refractivity contribution in [3.8, 4) is 0 Å². The average molecular weight is 1470 g/mol. The molecule has 0 aliphatic carbocycles. The lowest BCUT2D eigenvalue weighted by Crippen LogP contribution is -2.37. The largest absolute Gasteiger partial charge is 0.472 e. The number of nitrogens with zero attached hydrogens (tertiary/aromatic N) is 1. The van der Waals surface area contributed by atoms with Crippen molar-refractivity contribution in [2.24, 2.45) is 0 Å². The molecule has 2 unspecified atom stereocenters. The highest BCUT2D eigenvalue weighted by Gasteiger charge is 2.27. The number of carbonyl (C=O) groups excluding carboxylic acids is 2. The Balaban J connectivity index is 3.95. The SMILES string of the molecule is CC/C=C\C/C=C\C/C=C\C/C=C\C/C=C\C/C=C\C/C=C\C/C=C\C/C=C\CCCCCCCCCCCCCC(=O)OC(COC(=O)CCCCCCCCCCCCCCCCCCCCCCCCCCCC/C=C\C/C=C\C/C=C\CCCCCCC)COP(=O)(O)OCC[N+](C)(C)C. The Bertz CT molecular complexity index is 2280. The summed E-state index contributed by atoms with van der Waals surface area (Å²) in [7, 11) is 1.48. The minimum absolute atomic E-state index is 0.0273. The summed E-state index contributed by atoms with van der Waals surface area (Å²) in [5.74, 6) is -0.791. The number of ether oxygens (including phenoxy) is 2. The molecule has 598 valence electrons. The molecule has 0 saturated carbocycles. The van der Waals surface area contributed by atoms with Gasteiger partial charge in [-0.05, 0) is 122 Å². The van der Waals surface area contributed by atoms with Crippen molar-refractivity contribution in [3.05, 3.63) is 146 Å². The Morgan fingerprint density at radius 2 is 0.548 bits per heavy atom. The van der Waals surface area contributed by atoms with E-state index >= 15 is 0 Å². The quantitative estimate of drug-likeness (QED) is 0.0211. The van der Waals surface area contributed by atoms with Crippen LogP contribution >= 0.6 is 7.82 Å². The number of unbranched alkanes of at least 4 members (excludes halogenated alkanes) is 42. The van der Waals surface area contributed by atoms with Gasteiger partial charge in [0.1, 0.15) is 19.8 Å². The molecule has 0 radical (unpaired) electrons. The molecular formula is C94H165NO8P+. The van der Waals surface area contributed by atoms with Gasteiger partial charge in [0.15, 0.2) is 6.10 Å². The molecule has 0 bridgehead atoms. The van der Waals surface area contributed by atoms with Crippen molar-refractivity contribution in [1.82, 2.24) is 0 Å². The van der Waals surface area contributed by atoms with E-state index < -0.39 is 26.5 Å². The van der Waals surface area contributed by atoms with Gasteiger partial charge in [0.25, 0.3) is 0 Å². The van der Waals surface area contributed by atoms with Gasteiger partial charge in [-0.25, -0.2) is 4.57 Å². The lowest BCUT2D eigenvalue weighted by molar-refractivity contribution is -0.870. The first-order valence-corrected chi connectivity index (χ1v) is 45.1. The smallest absolute Gasteiger partial charge is 0.462 e.